The molecule has 1 N–H and O–H groups in total. The van der Waals surface area contributed by atoms with Crippen molar-refractivity contribution in [3.63, 3.8) is 0 Å². The van der Waals surface area contributed by atoms with Crippen LogP contribution in [0.5, 0.6) is 0 Å². The number of fused-ring (bicyclic) bond motifs is 1. The van der Waals surface area contributed by atoms with Crippen LogP contribution in [0.15, 0.2) is 0 Å². The molecule has 0 aromatic rings. The average molecular weight is 320 g/mol. The molecule has 0 aromatic carbocycles. The van der Waals surface area contributed by atoms with Crippen LogP contribution in [-0.2, 0) is 14.4 Å². The molecule has 3 aliphatic rings. The summed E-state index contributed by atoms with van der Waals surface area (Å²) in [6, 6.07) is 0.270. The molecule has 0 radical (unpaired) electrons. The van der Waals surface area contributed by atoms with E-state index in [9.17, 15) is 14.4 Å². The molecule has 0 spiro atoms. The van der Waals surface area contributed by atoms with Crippen LogP contribution in [0.25, 0.3) is 0 Å². The molecule has 0 bridgehead atoms. The lowest BCUT2D eigenvalue weighted by Gasteiger charge is -2.27. The minimum Gasteiger partial charge on any atom is -0.353 e. The Bertz CT molecular complexity index is 459. The highest BCUT2D eigenvalue weighted by molar-refractivity contribution is 6.05. The highest BCUT2D eigenvalue weighted by Gasteiger charge is 2.47. The van der Waals surface area contributed by atoms with Crippen molar-refractivity contribution in [2.24, 2.45) is 17.8 Å². The van der Waals surface area contributed by atoms with Gasteiger partial charge in [0.05, 0.1) is 11.8 Å². The predicted molar refractivity (Wildman–Crippen MR) is 86.3 cm³/mol. The summed E-state index contributed by atoms with van der Waals surface area (Å²) >= 11 is 0. The molecular weight excluding hydrogens is 292 g/mol. The maximum Gasteiger partial charge on any atom is 0.233 e. The molecule has 1 saturated heterocycles. The number of rotatable bonds is 4. The molecule has 2 unspecified atom stereocenters. The topological polar surface area (TPSA) is 66.5 Å². The number of nitrogens with one attached hydrogen (secondary N) is 1. The summed E-state index contributed by atoms with van der Waals surface area (Å²) in [6.07, 6.45) is 8.38. The zero-order valence-electron chi connectivity index (χ0n) is 14.1. The number of hydrogen-bond acceptors (Lipinski definition) is 3. The fourth-order valence-electron chi connectivity index (χ4n) is 4.37. The van der Waals surface area contributed by atoms with E-state index in [1.54, 1.807) is 0 Å². The third kappa shape index (κ3) is 3.59. The van der Waals surface area contributed by atoms with Crippen LogP contribution in [0, 0.1) is 17.8 Å². The first kappa shape index (κ1) is 16.5. The van der Waals surface area contributed by atoms with Crippen LogP contribution >= 0.6 is 0 Å². The highest BCUT2D eigenvalue weighted by Crippen LogP contribution is 2.37. The van der Waals surface area contributed by atoms with Crippen molar-refractivity contribution >= 4 is 17.7 Å². The molecule has 1 heterocycles. The van der Waals surface area contributed by atoms with E-state index in [0.29, 0.717) is 0 Å². The van der Waals surface area contributed by atoms with Crippen molar-refractivity contribution in [1.29, 1.82) is 0 Å². The van der Waals surface area contributed by atoms with Gasteiger partial charge >= 0.3 is 0 Å². The molecule has 3 rings (SSSR count). The Morgan fingerprint density at radius 1 is 1.00 bits per heavy atom. The first-order valence-corrected chi connectivity index (χ1v) is 9.21. The lowest BCUT2D eigenvalue weighted by Crippen LogP contribution is -2.40. The quantitative estimate of drug-likeness (QED) is 0.808. The smallest absolute Gasteiger partial charge is 0.233 e. The van der Waals surface area contributed by atoms with Crippen molar-refractivity contribution in [2.45, 2.75) is 70.8 Å². The minimum atomic E-state index is -0.112. The summed E-state index contributed by atoms with van der Waals surface area (Å²) in [5.74, 6) is 0.419. The summed E-state index contributed by atoms with van der Waals surface area (Å²) < 4.78 is 0. The zero-order valence-corrected chi connectivity index (χ0v) is 14.1. The Morgan fingerprint density at radius 3 is 2.13 bits per heavy atom. The molecule has 2 aliphatic carbocycles. The lowest BCUT2D eigenvalue weighted by molar-refractivity contribution is -0.140. The molecule has 0 aromatic heterocycles. The molecule has 3 fully saturated rings. The number of carbonyl (C=O) groups is 3. The van der Waals surface area contributed by atoms with Gasteiger partial charge < -0.3 is 5.32 Å². The second kappa shape index (κ2) is 7.02. The summed E-state index contributed by atoms with van der Waals surface area (Å²) in [7, 11) is 0. The molecule has 128 valence electrons. The normalized spacial score (nSPS) is 34.4. The van der Waals surface area contributed by atoms with Crippen molar-refractivity contribution < 1.29 is 14.4 Å². The summed E-state index contributed by atoms with van der Waals surface area (Å²) in [5.41, 5.74) is 0. The fraction of sp³-hybridized carbons (Fsp3) is 0.833. The molecular formula is C18H28N2O3. The van der Waals surface area contributed by atoms with E-state index < -0.39 is 0 Å². The minimum absolute atomic E-state index is 0.0278. The number of likely N-dealkylation sites (tertiary alicyclic amines) is 1. The van der Waals surface area contributed by atoms with E-state index in [1.807, 2.05) is 0 Å². The maximum absolute atomic E-state index is 12.4. The van der Waals surface area contributed by atoms with Gasteiger partial charge in [-0.1, -0.05) is 19.8 Å². The molecule has 3 amide bonds. The van der Waals surface area contributed by atoms with Crippen LogP contribution in [0.3, 0.4) is 0 Å². The van der Waals surface area contributed by atoms with Gasteiger partial charge in [-0.05, 0) is 44.4 Å². The zero-order chi connectivity index (χ0) is 16.4. The van der Waals surface area contributed by atoms with E-state index in [0.717, 1.165) is 57.3 Å². The number of nitrogens with zero attached hydrogens (tertiary/aromatic N) is 1. The van der Waals surface area contributed by atoms with Gasteiger partial charge in [-0.25, -0.2) is 0 Å². The molecule has 2 atom stereocenters. The van der Waals surface area contributed by atoms with Crippen LogP contribution in [0.4, 0.5) is 0 Å². The van der Waals surface area contributed by atoms with Crippen molar-refractivity contribution in [1.82, 2.24) is 10.2 Å². The Hall–Kier alpha value is -1.39. The van der Waals surface area contributed by atoms with Crippen LogP contribution < -0.4 is 5.32 Å². The second-order valence-corrected chi connectivity index (χ2v) is 7.60. The number of hydrogen-bond donors (Lipinski definition) is 1. The van der Waals surface area contributed by atoms with Gasteiger partial charge in [-0.2, -0.15) is 0 Å². The van der Waals surface area contributed by atoms with E-state index in [1.165, 1.54) is 4.90 Å². The first-order valence-electron chi connectivity index (χ1n) is 9.21. The Morgan fingerprint density at radius 2 is 1.57 bits per heavy atom. The van der Waals surface area contributed by atoms with Gasteiger partial charge in [-0.3, -0.25) is 19.3 Å². The van der Waals surface area contributed by atoms with Crippen molar-refractivity contribution in [2.75, 3.05) is 6.54 Å². The van der Waals surface area contributed by atoms with E-state index >= 15 is 0 Å². The van der Waals surface area contributed by atoms with Crippen molar-refractivity contribution in [3.05, 3.63) is 0 Å². The SMILES string of the molecule is CC1CCC(NC(=O)CCN2C(=O)C3CCCCC3C2=O)CC1. The molecule has 1 aliphatic heterocycles. The highest BCUT2D eigenvalue weighted by atomic mass is 16.2. The standard InChI is InChI=1S/C18H28N2O3/c1-12-6-8-13(9-7-12)19-16(21)10-11-20-17(22)14-4-2-3-5-15(14)18(20)23/h12-15H,2-11H2,1H3,(H,19,21). The molecule has 2 saturated carbocycles. The van der Waals surface area contributed by atoms with Gasteiger partial charge in [0.1, 0.15) is 0 Å². The Labute approximate surface area is 138 Å². The number of amides is 3. The van der Waals surface area contributed by atoms with E-state index in [4.69, 9.17) is 0 Å². The summed E-state index contributed by atoms with van der Waals surface area (Å²) in [4.78, 5) is 38.2. The fourth-order valence-corrected chi connectivity index (χ4v) is 4.37. The number of imide groups is 1. The average Bonchev–Trinajstić information content (AvgIpc) is 2.80. The third-order valence-electron chi connectivity index (χ3n) is 5.88. The second-order valence-electron chi connectivity index (χ2n) is 7.60. The van der Waals surface area contributed by atoms with Gasteiger partial charge in [-0.15, -0.1) is 0 Å². The monoisotopic (exact) mass is 320 g/mol. The maximum atomic E-state index is 12.4. The molecule has 5 nitrogen and oxygen atoms in total. The van der Waals surface area contributed by atoms with Crippen LogP contribution in [0.1, 0.15) is 64.7 Å². The van der Waals surface area contributed by atoms with E-state index in [2.05, 4.69) is 12.2 Å². The molecule has 23 heavy (non-hydrogen) atoms. The van der Waals surface area contributed by atoms with Gasteiger partial charge in [0.25, 0.3) is 0 Å². The van der Waals surface area contributed by atoms with Crippen LogP contribution in [-0.4, -0.2) is 35.2 Å². The Balaban J connectivity index is 1.47. The van der Waals surface area contributed by atoms with Crippen LogP contribution in [0.2, 0.25) is 0 Å². The van der Waals surface area contributed by atoms with E-state index in [-0.39, 0.29) is 48.6 Å². The van der Waals surface area contributed by atoms with Gasteiger partial charge in [0.2, 0.25) is 17.7 Å². The third-order valence-corrected chi connectivity index (χ3v) is 5.88. The van der Waals surface area contributed by atoms with Gasteiger partial charge in [0, 0.05) is 19.0 Å². The number of carbonyl (C=O) groups excluding carboxylic acids is 3. The molecule has 5 heteroatoms. The first-order chi connectivity index (χ1) is 11.1. The predicted octanol–water partition coefficient (Wildman–Crippen LogP) is 2.25. The summed E-state index contributed by atoms with van der Waals surface area (Å²) in [6.45, 7) is 2.50. The largest absolute Gasteiger partial charge is 0.353 e. The Kier molecular flexibility index (Phi) is 5.02. The summed E-state index contributed by atoms with van der Waals surface area (Å²) in [5, 5.41) is 3.07. The van der Waals surface area contributed by atoms with Crippen molar-refractivity contribution in [3.8, 4) is 0 Å². The lowest BCUT2D eigenvalue weighted by atomic mass is 9.81. The van der Waals surface area contributed by atoms with Gasteiger partial charge in [0.15, 0.2) is 0 Å².